The molecule has 20 heavy (non-hydrogen) atoms. The van der Waals surface area contributed by atoms with Crippen LogP contribution >= 0.6 is 15.9 Å². The van der Waals surface area contributed by atoms with Crippen LogP contribution in [0.4, 0.5) is 5.82 Å². The minimum absolute atomic E-state index is 0.00269. The van der Waals surface area contributed by atoms with Crippen molar-refractivity contribution >= 4 is 21.7 Å². The summed E-state index contributed by atoms with van der Waals surface area (Å²) >= 11 is 3.66. The van der Waals surface area contributed by atoms with Gasteiger partial charge in [0.15, 0.2) is 0 Å². The van der Waals surface area contributed by atoms with Gasteiger partial charge in [0.2, 0.25) is 0 Å². The largest absolute Gasteiger partial charge is 0.369 e. The van der Waals surface area contributed by atoms with E-state index in [9.17, 15) is 0 Å². The maximum absolute atomic E-state index is 4.76. The Morgan fingerprint density at radius 1 is 1.20 bits per heavy atom. The Labute approximate surface area is 131 Å². The predicted molar refractivity (Wildman–Crippen MR) is 89.5 cm³/mol. The second kappa shape index (κ2) is 7.36. The number of likely N-dealkylation sites (N-methyl/N-ethyl adjacent to an activating group) is 1. The molecule has 0 atom stereocenters. The summed E-state index contributed by atoms with van der Waals surface area (Å²) in [5.74, 6) is 1.82. The van der Waals surface area contributed by atoms with Crippen molar-refractivity contribution in [2.24, 2.45) is 0 Å². The van der Waals surface area contributed by atoms with Gasteiger partial charge < -0.3 is 10.2 Å². The summed E-state index contributed by atoms with van der Waals surface area (Å²) in [5, 5.41) is 3.39. The van der Waals surface area contributed by atoms with Gasteiger partial charge in [-0.15, -0.1) is 0 Å². The molecule has 1 aromatic rings. The first kappa shape index (κ1) is 17.4. The van der Waals surface area contributed by atoms with Crippen molar-refractivity contribution in [2.75, 3.05) is 32.5 Å². The Bertz CT molecular complexity index is 438. The van der Waals surface area contributed by atoms with E-state index in [1.165, 1.54) is 0 Å². The SMILES string of the molecule is CCCNc1nc(CCN(C)C)nc(C(C)(C)C)c1Br. The molecule has 1 aromatic heterocycles. The molecule has 0 amide bonds. The fraction of sp³-hybridized carbons (Fsp3) is 0.733. The third-order valence-electron chi connectivity index (χ3n) is 2.93. The van der Waals surface area contributed by atoms with Crippen LogP contribution in [0.5, 0.6) is 0 Å². The lowest BCUT2D eigenvalue weighted by Crippen LogP contribution is -2.21. The molecule has 0 saturated carbocycles. The Hall–Kier alpha value is -0.680. The van der Waals surface area contributed by atoms with E-state index in [1.54, 1.807) is 0 Å². The number of rotatable bonds is 6. The van der Waals surface area contributed by atoms with Crippen LogP contribution in [-0.2, 0) is 11.8 Å². The summed E-state index contributed by atoms with van der Waals surface area (Å²) in [6, 6.07) is 0. The molecule has 0 unspecified atom stereocenters. The number of anilines is 1. The van der Waals surface area contributed by atoms with Gasteiger partial charge >= 0.3 is 0 Å². The van der Waals surface area contributed by atoms with Crippen LogP contribution < -0.4 is 5.32 Å². The predicted octanol–water partition coefficient (Wildman–Crippen LogP) is 3.46. The van der Waals surface area contributed by atoms with Gasteiger partial charge in [0.1, 0.15) is 11.6 Å². The molecule has 1 rings (SSSR count). The molecule has 0 spiro atoms. The van der Waals surface area contributed by atoms with E-state index in [4.69, 9.17) is 4.98 Å². The quantitative estimate of drug-likeness (QED) is 0.859. The van der Waals surface area contributed by atoms with Crippen LogP contribution in [0.2, 0.25) is 0 Å². The summed E-state index contributed by atoms with van der Waals surface area (Å²) in [6.45, 7) is 10.6. The molecule has 0 saturated heterocycles. The molecule has 0 aromatic carbocycles. The van der Waals surface area contributed by atoms with Crippen molar-refractivity contribution in [3.8, 4) is 0 Å². The van der Waals surface area contributed by atoms with Crippen LogP contribution in [0.15, 0.2) is 4.47 Å². The van der Waals surface area contributed by atoms with Crippen LogP contribution in [0.25, 0.3) is 0 Å². The second-order valence-corrected chi connectivity index (χ2v) is 7.17. The number of nitrogens with zero attached hydrogens (tertiary/aromatic N) is 3. The molecule has 1 heterocycles. The van der Waals surface area contributed by atoms with Crippen molar-refractivity contribution in [3.63, 3.8) is 0 Å². The van der Waals surface area contributed by atoms with E-state index in [-0.39, 0.29) is 5.41 Å². The number of halogens is 1. The third-order valence-corrected chi connectivity index (χ3v) is 3.68. The number of hydrogen-bond acceptors (Lipinski definition) is 4. The van der Waals surface area contributed by atoms with Crippen LogP contribution in [-0.4, -0.2) is 42.1 Å². The molecule has 0 fully saturated rings. The summed E-state index contributed by atoms with van der Waals surface area (Å²) in [6.07, 6.45) is 1.94. The highest BCUT2D eigenvalue weighted by Gasteiger charge is 2.23. The van der Waals surface area contributed by atoms with Gasteiger partial charge in [-0.25, -0.2) is 9.97 Å². The third kappa shape index (κ3) is 5.02. The molecule has 0 bridgehead atoms. The van der Waals surface area contributed by atoms with E-state index >= 15 is 0 Å². The maximum atomic E-state index is 4.76. The molecular weight excluding hydrogens is 316 g/mol. The van der Waals surface area contributed by atoms with Crippen LogP contribution in [0, 0.1) is 0 Å². The van der Waals surface area contributed by atoms with Gasteiger partial charge in [0, 0.05) is 24.9 Å². The highest BCUT2D eigenvalue weighted by Crippen LogP contribution is 2.32. The van der Waals surface area contributed by atoms with Gasteiger partial charge in [-0.2, -0.15) is 0 Å². The molecule has 4 nitrogen and oxygen atoms in total. The zero-order valence-corrected chi connectivity index (χ0v) is 15.1. The first-order valence-electron chi connectivity index (χ1n) is 7.21. The smallest absolute Gasteiger partial charge is 0.144 e. The molecule has 0 aliphatic heterocycles. The number of nitrogens with one attached hydrogen (secondary N) is 1. The lowest BCUT2D eigenvalue weighted by atomic mass is 9.92. The van der Waals surface area contributed by atoms with Crippen molar-refractivity contribution < 1.29 is 0 Å². The zero-order chi connectivity index (χ0) is 15.3. The van der Waals surface area contributed by atoms with Crippen LogP contribution in [0.1, 0.15) is 45.6 Å². The lowest BCUT2D eigenvalue weighted by Gasteiger charge is -2.22. The average Bonchev–Trinajstić information content (AvgIpc) is 2.34. The van der Waals surface area contributed by atoms with E-state index < -0.39 is 0 Å². The van der Waals surface area contributed by atoms with E-state index in [0.717, 1.165) is 47.7 Å². The second-order valence-electron chi connectivity index (χ2n) is 6.38. The van der Waals surface area contributed by atoms with Gasteiger partial charge in [0.05, 0.1) is 10.2 Å². The summed E-state index contributed by atoms with van der Waals surface area (Å²) in [7, 11) is 4.14. The van der Waals surface area contributed by atoms with Crippen molar-refractivity contribution in [3.05, 3.63) is 16.0 Å². The first-order chi connectivity index (χ1) is 9.25. The summed E-state index contributed by atoms with van der Waals surface area (Å²) in [4.78, 5) is 11.6. The zero-order valence-electron chi connectivity index (χ0n) is 13.5. The molecule has 0 aliphatic carbocycles. The Morgan fingerprint density at radius 2 is 1.85 bits per heavy atom. The highest BCUT2D eigenvalue weighted by molar-refractivity contribution is 9.10. The van der Waals surface area contributed by atoms with E-state index in [2.05, 4.69) is 72.9 Å². The van der Waals surface area contributed by atoms with Gasteiger partial charge in [-0.1, -0.05) is 27.7 Å². The topological polar surface area (TPSA) is 41.1 Å². The Morgan fingerprint density at radius 3 is 2.35 bits per heavy atom. The molecule has 0 aliphatic rings. The minimum atomic E-state index is -0.00269. The van der Waals surface area contributed by atoms with E-state index in [0.29, 0.717) is 0 Å². The molecule has 5 heteroatoms. The standard InChI is InChI=1S/C15H27BrN4/c1-7-9-17-14-12(16)13(15(2,3)4)18-11(19-14)8-10-20(5)6/h7-10H2,1-6H3,(H,17,18,19). The number of hydrogen-bond donors (Lipinski definition) is 1. The van der Waals surface area contributed by atoms with Crippen molar-refractivity contribution in [1.82, 2.24) is 14.9 Å². The normalized spacial score (nSPS) is 12.0. The van der Waals surface area contributed by atoms with Crippen LogP contribution in [0.3, 0.4) is 0 Å². The fourth-order valence-electron chi connectivity index (χ4n) is 1.79. The summed E-state index contributed by atoms with van der Waals surface area (Å²) in [5.41, 5.74) is 1.07. The van der Waals surface area contributed by atoms with Gasteiger partial charge in [-0.05, 0) is 36.4 Å². The van der Waals surface area contributed by atoms with Crippen molar-refractivity contribution in [2.45, 2.75) is 46.0 Å². The van der Waals surface area contributed by atoms with E-state index in [1.807, 2.05) is 0 Å². The monoisotopic (exact) mass is 342 g/mol. The Balaban J connectivity index is 3.12. The van der Waals surface area contributed by atoms with Gasteiger partial charge in [-0.3, -0.25) is 0 Å². The summed E-state index contributed by atoms with van der Waals surface area (Å²) < 4.78 is 0.993. The molecule has 1 N–H and O–H groups in total. The first-order valence-corrected chi connectivity index (χ1v) is 8.00. The van der Waals surface area contributed by atoms with Gasteiger partial charge in [0.25, 0.3) is 0 Å². The highest BCUT2D eigenvalue weighted by atomic mass is 79.9. The molecule has 0 radical (unpaired) electrons. The molecule has 114 valence electrons. The lowest BCUT2D eigenvalue weighted by molar-refractivity contribution is 0.408. The maximum Gasteiger partial charge on any atom is 0.144 e. The number of aromatic nitrogens is 2. The Kier molecular flexibility index (Phi) is 6.40. The van der Waals surface area contributed by atoms with Crippen molar-refractivity contribution in [1.29, 1.82) is 0 Å². The molecular formula is C15H27BrN4. The minimum Gasteiger partial charge on any atom is -0.369 e. The fourth-order valence-corrected chi connectivity index (χ4v) is 2.70. The average molecular weight is 343 g/mol.